The van der Waals surface area contributed by atoms with Crippen molar-refractivity contribution in [3.63, 3.8) is 0 Å². The molecule has 82 valence electrons. The van der Waals surface area contributed by atoms with Crippen molar-refractivity contribution in [2.75, 3.05) is 33.7 Å². The zero-order valence-corrected chi connectivity index (χ0v) is 8.42. The number of carboxylic acid groups (broad SMARTS) is 1. The molecule has 0 bridgehead atoms. The van der Waals surface area contributed by atoms with Crippen LogP contribution in [0.15, 0.2) is 0 Å². The molecular weight excluding hydrogens is 191 g/mol. The molecule has 0 atom stereocenters. The second-order valence-corrected chi connectivity index (χ2v) is 3.77. The van der Waals surface area contributed by atoms with Crippen molar-refractivity contribution >= 4 is 12.1 Å². The fraction of sp³-hybridized carbons (Fsp3) is 0.750. The monoisotopic (exact) mass is 207 g/mol. The smallest absolute Gasteiger partial charge is 0.397 e. The van der Waals surface area contributed by atoms with Crippen molar-refractivity contribution in [2.24, 2.45) is 0 Å². The van der Waals surface area contributed by atoms with E-state index in [4.69, 9.17) is 5.11 Å². The minimum Gasteiger partial charge on any atom is -0.477 e. The Bertz CT molecular complexity index is 219. The molecular formula is C8H16FN2O3+. The van der Waals surface area contributed by atoms with Crippen LogP contribution in [0.1, 0.15) is 6.42 Å². The van der Waals surface area contributed by atoms with Crippen LogP contribution in [0, 0.1) is 0 Å². The summed E-state index contributed by atoms with van der Waals surface area (Å²) in [5, 5.41) is 10.6. The van der Waals surface area contributed by atoms with E-state index in [2.05, 4.69) is 0 Å². The van der Waals surface area contributed by atoms with Crippen LogP contribution in [0.5, 0.6) is 0 Å². The van der Waals surface area contributed by atoms with Gasteiger partial charge in [-0.2, -0.15) is 0 Å². The number of nitrogens with zero attached hydrogens (tertiary/aromatic N) is 1. The molecule has 0 saturated carbocycles. The minimum atomic E-state index is -1.55. The lowest BCUT2D eigenvalue weighted by atomic mass is 10.3. The number of carboxylic acids is 1. The van der Waals surface area contributed by atoms with Gasteiger partial charge in [-0.3, -0.25) is 0 Å². The third-order valence-electron chi connectivity index (χ3n) is 1.77. The van der Waals surface area contributed by atoms with E-state index < -0.39 is 12.1 Å². The first kappa shape index (κ1) is 12.8. The number of aliphatic carboxylic acids is 1. The Balaban J connectivity index is 3.65. The molecule has 0 aliphatic heterocycles. The molecule has 2 N–H and O–H groups in total. The molecule has 1 amide bonds. The lowest BCUT2D eigenvalue weighted by molar-refractivity contribution is -0.883. The molecule has 0 aliphatic rings. The third-order valence-corrected chi connectivity index (χ3v) is 1.77. The first-order valence-corrected chi connectivity index (χ1v) is 4.30. The molecule has 0 radical (unpaired) electrons. The fourth-order valence-corrected chi connectivity index (χ4v) is 1.14. The number of carbonyl (C=O) groups is 2. The molecule has 0 heterocycles. The van der Waals surface area contributed by atoms with Crippen molar-refractivity contribution in [3.05, 3.63) is 0 Å². The maximum atomic E-state index is 11.7. The fourth-order valence-electron chi connectivity index (χ4n) is 1.14. The Hall–Kier alpha value is -1.17. The average Bonchev–Trinajstić information content (AvgIpc) is 1.95. The highest BCUT2D eigenvalue weighted by Crippen LogP contribution is 1.98. The number of nitrogens with one attached hydrogen (secondary N) is 1. The van der Waals surface area contributed by atoms with Crippen molar-refractivity contribution in [1.82, 2.24) is 5.32 Å². The van der Waals surface area contributed by atoms with Gasteiger partial charge in [0.1, 0.15) is 0 Å². The third kappa shape index (κ3) is 7.48. The quantitative estimate of drug-likeness (QED) is 0.283. The second kappa shape index (κ2) is 5.54. The van der Waals surface area contributed by atoms with E-state index >= 15 is 0 Å². The Morgan fingerprint density at radius 2 is 2.00 bits per heavy atom. The van der Waals surface area contributed by atoms with Crippen LogP contribution < -0.4 is 5.32 Å². The van der Waals surface area contributed by atoms with Crippen molar-refractivity contribution < 1.29 is 23.6 Å². The molecule has 0 saturated heterocycles. The number of quaternary nitrogens is 1. The molecule has 0 aliphatic carbocycles. The highest BCUT2D eigenvalue weighted by molar-refractivity contribution is 5.67. The van der Waals surface area contributed by atoms with E-state index in [9.17, 15) is 14.0 Å². The SMILES string of the molecule is C[N+](C)(CCCNC(=O)F)CC(=O)O. The number of carbonyl (C=O) groups excluding carboxylic acids is 1. The molecule has 6 heteroatoms. The first-order valence-electron chi connectivity index (χ1n) is 4.30. The summed E-state index contributed by atoms with van der Waals surface area (Å²) in [4.78, 5) is 20.3. The second-order valence-electron chi connectivity index (χ2n) is 3.77. The van der Waals surface area contributed by atoms with Gasteiger partial charge in [0.2, 0.25) is 0 Å². The largest absolute Gasteiger partial charge is 0.477 e. The zero-order chi connectivity index (χ0) is 11.2. The number of likely N-dealkylation sites (N-methyl/N-ethyl adjacent to an activating group) is 1. The Morgan fingerprint density at radius 3 is 2.43 bits per heavy atom. The highest BCUT2D eigenvalue weighted by atomic mass is 19.1. The topological polar surface area (TPSA) is 66.4 Å². The first-order chi connectivity index (χ1) is 6.33. The Kier molecular flexibility index (Phi) is 5.07. The Labute approximate surface area is 82.1 Å². The van der Waals surface area contributed by atoms with E-state index in [1.165, 1.54) is 0 Å². The summed E-state index contributed by atoms with van der Waals surface area (Å²) in [5.74, 6) is -0.871. The van der Waals surface area contributed by atoms with Crippen LogP contribution >= 0.6 is 0 Å². The van der Waals surface area contributed by atoms with E-state index in [-0.39, 0.29) is 13.1 Å². The summed E-state index contributed by atoms with van der Waals surface area (Å²) in [6, 6.07) is 0. The summed E-state index contributed by atoms with van der Waals surface area (Å²) < 4.78 is 12.0. The van der Waals surface area contributed by atoms with Gasteiger partial charge < -0.3 is 14.9 Å². The van der Waals surface area contributed by atoms with Crippen LogP contribution in [0.2, 0.25) is 0 Å². The molecule has 0 rings (SSSR count). The standard InChI is InChI=1S/C8H15FN2O3/c1-11(2,6-7(12)13)5-3-4-10-8(9)14/h3-6H2,1-2H3,(H-,10,12,13,14)/p+1. The number of rotatable bonds is 6. The average molecular weight is 207 g/mol. The molecule has 0 unspecified atom stereocenters. The highest BCUT2D eigenvalue weighted by Gasteiger charge is 2.18. The number of hydrogen-bond donors (Lipinski definition) is 2. The normalized spacial score (nSPS) is 11.1. The van der Waals surface area contributed by atoms with Gasteiger partial charge in [0.25, 0.3) is 0 Å². The van der Waals surface area contributed by atoms with Crippen LogP contribution in [-0.2, 0) is 4.79 Å². The minimum absolute atomic E-state index is 0.0174. The van der Waals surface area contributed by atoms with Crippen LogP contribution in [0.3, 0.4) is 0 Å². The van der Waals surface area contributed by atoms with Crippen LogP contribution in [0.4, 0.5) is 9.18 Å². The lowest BCUT2D eigenvalue weighted by Crippen LogP contribution is -2.45. The van der Waals surface area contributed by atoms with E-state index in [1.807, 2.05) is 5.32 Å². The molecule has 14 heavy (non-hydrogen) atoms. The maximum absolute atomic E-state index is 11.7. The summed E-state index contributed by atoms with van der Waals surface area (Å²) in [5.41, 5.74) is 0. The summed E-state index contributed by atoms with van der Waals surface area (Å²) in [7, 11) is 3.54. The molecule has 0 fully saturated rings. The van der Waals surface area contributed by atoms with Gasteiger partial charge >= 0.3 is 12.1 Å². The van der Waals surface area contributed by atoms with Gasteiger partial charge in [-0.05, 0) is 0 Å². The number of hydrogen-bond acceptors (Lipinski definition) is 2. The molecule has 5 nitrogen and oxygen atoms in total. The Morgan fingerprint density at radius 1 is 1.43 bits per heavy atom. The molecule has 0 aromatic carbocycles. The van der Waals surface area contributed by atoms with Crippen molar-refractivity contribution in [1.29, 1.82) is 0 Å². The van der Waals surface area contributed by atoms with E-state index in [1.54, 1.807) is 14.1 Å². The number of halogens is 1. The summed E-state index contributed by atoms with van der Waals surface area (Å²) in [6.45, 7) is 0.826. The lowest BCUT2D eigenvalue weighted by Gasteiger charge is -2.27. The maximum Gasteiger partial charge on any atom is 0.397 e. The van der Waals surface area contributed by atoms with Gasteiger partial charge in [-0.1, -0.05) is 0 Å². The van der Waals surface area contributed by atoms with Crippen LogP contribution in [0.25, 0.3) is 0 Å². The van der Waals surface area contributed by atoms with Gasteiger partial charge in [-0.25, -0.2) is 9.59 Å². The van der Waals surface area contributed by atoms with Gasteiger partial charge in [-0.15, -0.1) is 4.39 Å². The van der Waals surface area contributed by atoms with Gasteiger partial charge in [0.05, 0.1) is 20.6 Å². The van der Waals surface area contributed by atoms with Crippen LogP contribution in [-0.4, -0.2) is 55.4 Å². The molecule has 0 aromatic heterocycles. The summed E-state index contributed by atoms with van der Waals surface area (Å²) in [6.07, 6.45) is -0.996. The zero-order valence-electron chi connectivity index (χ0n) is 8.42. The van der Waals surface area contributed by atoms with Gasteiger partial charge in [0.15, 0.2) is 6.54 Å². The predicted octanol–water partition coefficient (Wildman–Crippen LogP) is 0.217. The molecule has 0 aromatic rings. The van der Waals surface area contributed by atoms with E-state index in [0.717, 1.165) is 0 Å². The predicted molar refractivity (Wildman–Crippen MR) is 48.6 cm³/mol. The van der Waals surface area contributed by atoms with E-state index in [0.29, 0.717) is 17.4 Å². The number of amides is 1. The van der Waals surface area contributed by atoms with Crippen molar-refractivity contribution in [2.45, 2.75) is 6.42 Å². The van der Waals surface area contributed by atoms with Crippen molar-refractivity contribution in [3.8, 4) is 0 Å². The van der Waals surface area contributed by atoms with Gasteiger partial charge in [0, 0.05) is 13.0 Å². The summed E-state index contributed by atoms with van der Waals surface area (Å²) >= 11 is 0. The molecule has 0 spiro atoms.